The summed E-state index contributed by atoms with van der Waals surface area (Å²) < 4.78 is 0. The molecule has 0 aliphatic rings. The summed E-state index contributed by atoms with van der Waals surface area (Å²) in [6.07, 6.45) is -0.147. The number of rotatable bonds is 3. The first-order valence-electron chi connectivity index (χ1n) is 5.27. The molecule has 0 amide bonds. The first-order valence-corrected chi connectivity index (χ1v) is 5.27. The number of hydrogen-bond acceptors (Lipinski definition) is 2. The molecule has 2 N–H and O–H groups in total. The molecule has 0 bridgehead atoms. The number of aromatic hydroxyl groups is 1. The minimum atomic E-state index is -0.575. The maximum absolute atomic E-state index is 9.99. The van der Waals surface area contributed by atoms with Gasteiger partial charge in [0.15, 0.2) is 0 Å². The molecule has 2 heteroatoms. The molecular weight excluding hydrogens is 200 g/mol. The molecule has 0 aliphatic heterocycles. The quantitative estimate of drug-likeness (QED) is 0.824. The Labute approximate surface area is 94.8 Å². The Balaban J connectivity index is 2.14. The van der Waals surface area contributed by atoms with Crippen molar-refractivity contribution in [3.8, 4) is 5.75 Å². The van der Waals surface area contributed by atoms with Crippen LogP contribution in [-0.4, -0.2) is 10.2 Å². The molecule has 0 heterocycles. The molecular formula is C14H14O2. The van der Waals surface area contributed by atoms with Gasteiger partial charge >= 0.3 is 0 Å². The average Bonchev–Trinajstić information content (AvgIpc) is 2.33. The minimum Gasteiger partial charge on any atom is -0.508 e. The molecule has 1 atom stereocenters. The SMILES string of the molecule is Oc1ccccc1CC(O)c1ccccc1. The molecule has 0 saturated heterocycles. The van der Waals surface area contributed by atoms with Crippen LogP contribution in [0.25, 0.3) is 0 Å². The highest BCUT2D eigenvalue weighted by Crippen LogP contribution is 2.23. The lowest BCUT2D eigenvalue weighted by atomic mass is 10.0. The zero-order valence-corrected chi connectivity index (χ0v) is 8.88. The monoisotopic (exact) mass is 214 g/mol. The van der Waals surface area contributed by atoms with Gasteiger partial charge in [0.2, 0.25) is 0 Å². The molecule has 2 nitrogen and oxygen atoms in total. The average molecular weight is 214 g/mol. The van der Waals surface area contributed by atoms with E-state index < -0.39 is 6.10 Å². The largest absolute Gasteiger partial charge is 0.508 e. The highest BCUT2D eigenvalue weighted by Gasteiger charge is 2.10. The van der Waals surface area contributed by atoms with Gasteiger partial charge < -0.3 is 10.2 Å². The highest BCUT2D eigenvalue weighted by atomic mass is 16.3. The standard InChI is InChI=1S/C14H14O2/c15-13-9-5-4-8-12(13)10-14(16)11-6-2-1-3-7-11/h1-9,14-16H,10H2. The Morgan fingerprint density at radius 3 is 2.19 bits per heavy atom. The molecule has 0 aliphatic carbocycles. The Hall–Kier alpha value is -1.80. The van der Waals surface area contributed by atoms with Crippen molar-refractivity contribution in [1.82, 2.24) is 0 Å². The fourth-order valence-electron chi connectivity index (χ4n) is 1.68. The van der Waals surface area contributed by atoms with E-state index >= 15 is 0 Å². The molecule has 0 aromatic heterocycles. The van der Waals surface area contributed by atoms with Crippen LogP contribution in [-0.2, 0) is 6.42 Å². The fraction of sp³-hybridized carbons (Fsp3) is 0.143. The number of phenols is 1. The van der Waals surface area contributed by atoms with E-state index in [0.717, 1.165) is 11.1 Å². The molecule has 0 saturated carbocycles. The Morgan fingerprint density at radius 1 is 0.875 bits per heavy atom. The first-order chi connectivity index (χ1) is 7.77. The van der Waals surface area contributed by atoms with Crippen molar-refractivity contribution < 1.29 is 10.2 Å². The lowest BCUT2D eigenvalue weighted by Crippen LogP contribution is -2.01. The van der Waals surface area contributed by atoms with Gasteiger partial charge in [-0.3, -0.25) is 0 Å². The molecule has 1 unspecified atom stereocenters. The first kappa shape index (κ1) is 10.7. The Kier molecular flexibility index (Phi) is 3.22. The second kappa shape index (κ2) is 4.81. The number of aliphatic hydroxyl groups is 1. The molecule has 82 valence electrons. The van der Waals surface area contributed by atoms with Gasteiger partial charge in [-0.2, -0.15) is 0 Å². The van der Waals surface area contributed by atoms with Crippen molar-refractivity contribution >= 4 is 0 Å². The lowest BCUT2D eigenvalue weighted by molar-refractivity contribution is 0.177. The summed E-state index contributed by atoms with van der Waals surface area (Å²) in [7, 11) is 0. The molecule has 2 aromatic carbocycles. The number of benzene rings is 2. The number of phenolic OH excluding ortho intramolecular Hbond substituents is 1. The third kappa shape index (κ3) is 2.41. The molecule has 0 spiro atoms. The van der Waals surface area contributed by atoms with E-state index in [2.05, 4.69) is 0 Å². The van der Waals surface area contributed by atoms with Gasteiger partial charge in [-0.25, -0.2) is 0 Å². The van der Waals surface area contributed by atoms with Crippen LogP contribution in [0.4, 0.5) is 0 Å². The summed E-state index contributed by atoms with van der Waals surface area (Å²) in [5.74, 6) is 0.234. The summed E-state index contributed by atoms with van der Waals surface area (Å²) in [4.78, 5) is 0. The Morgan fingerprint density at radius 2 is 1.50 bits per heavy atom. The van der Waals surface area contributed by atoms with E-state index in [-0.39, 0.29) is 5.75 Å². The highest BCUT2D eigenvalue weighted by molar-refractivity contribution is 5.33. The Bertz CT molecular complexity index is 451. The maximum Gasteiger partial charge on any atom is 0.118 e. The van der Waals surface area contributed by atoms with Crippen LogP contribution >= 0.6 is 0 Å². The summed E-state index contributed by atoms with van der Waals surface area (Å²) in [6.45, 7) is 0. The van der Waals surface area contributed by atoms with Gasteiger partial charge in [0.1, 0.15) is 5.75 Å². The second-order valence-corrected chi connectivity index (χ2v) is 3.76. The number of hydrogen-bond donors (Lipinski definition) is 2. The molecule has 16 heavy (non-hydrogen) atoms. The zero-order valence-electron chi connectivity index (χ0n) is 8.88. The van der Waals surface area contributed by atoms with Gasteiger partial charge in [0, 0.05) is 6.42 Å². The van der Waals surface area contributed by atoms with Crippen LogP contribution in [0.15, 0.2) is 54.6 Å². The van der Waals surface area contributed by atoms with E-state index in [9.17, 15) is 10.2 Å². The summed E-state index contributed by atoms with van der Waals surface area (Å²) in [5, 5.41) is 19.6. The minimum absolute atomic E-state index is 0.234. The van der Waals surface area contributed by atoms with E-state index in [4.69, 9.17) is 0 Å². The van der Waals surface area contributed by atoms with Gasteiger partial charge in [0.25, 0.3) is 0 Å². The molecule has 0 fully saturated rings. The topological polar surface area (TPSA) is 40.5 Å². The lowest BCUT2D eigenvalue weighted by Gasteiger charge is -2.11. The third-order valence-corrected chi connectivity index (χ3v) is 2.59. The third-order valence-electron chi connectivity index (χ3n) is 2.59. The smallest absolute Gasteiger partial charge is 0.118 e. The van der Waals surface area contributed by atoms with Crippen LogP contribution in [0.1, 0.15) is 17.2 Å². The van der Waals surface area contributed by atoms with E-state index in [0.29, 0.717) is 6.42 Å². The van der Waals surface area contributed by atoms with Gasteiger partial charge in [-0.15, -0.1) is 0 Å². The summed E-state index contributed by atoms with van der Waals surface area (Å²) in [6, 6.07) is 16.5. The molecule has 2 rings (SSSR count). The van der Waals surface area contributed by atoms with Crippen LogP contribution in [0.2, 0.25) is 0 Å². The van der Waals surface area contributed by atoms with Crippen molar-refractivity contribution in [3.63, 3.8) is 0 Å². The predicted octanol–water partition coefficient (Wildman–Crippen LogP) is 2.67. The molecule has 0 radical (unpaired) electrons. The van der Waals surface area contributed by atoms with Crippen LogP contribution in [0.3, 0.4) is 0 Å². The number of para-hydroxylation sites is 1. The number of aliphatic hydroxyl groups excluding tert-OH is 1. The fourth-order valence-corrected chi connectivity index (χ4v) is 1.68. The van der Waals surface area contributed by atoms with Crippen molar-refractivity contribution in [1.29, 1.82) is 0 Å². The van der Waals surface area contributed by atoms with Crippen LogP contribution in [0.5, 0.6) is 5.75 Å². The zero-order chi connectivity index (χ0) is 11.4. The van der Waals surface area contributed by atoms with Gasteiger partial charge in [0.05, 0.1) is 6.10 Å². The van der Waals surface area contributed by atoms with E-state index in [1.807, 2.05) is 42.5 Å². The molecule has 2 aromatic rings. The van der Waals surface area contributed by atoms with Gasteiger partial charge in [-0.1, -0.05) is 48.5 Å². The second-order valence-electron chi connectivity index (χ2n) is 3.76. The van der Waals surface area contributed by atoms with Crippen molar-refractivity contribution in [2.45, 2.75) is 12.5 Å². The summed E-state index contributed by atoms with van der Waals surface area (Å²) >= 11 is 0. The predicted molar refractivity (Wildman–Crippen MR) is 63.2 cm³/mol. The van der Waals surface area contributed by atoms with Gasteiger partial charge in [-0.05, 0) is 17.2 Å². The van der Waals surface area contributed by atoms with Crippen LogP contribution < -0.4 is 0 Å². The maximum atomic E-state index is 9.99. The van der Waals surface area contributed by atoms with E-state index in [1.165, 1.54) is 0 Å². The normalized spacial score (nSPS) is 12.3. The van der Waals surface area contributed by atoms with Crippen molar-refractivity contribution in [2.24, 2.45) is 0 Å². The van der Waals surface area contributed by atoms with Crippen molar-refractivity contribution in [3.05, 3.63) is 65.7 Å². The van der Waals surface area contributed by atoms with E-state index in [1.54, 1.807) is 12.1 Å². The van der Waals surface area contributed by atoms with Crippen molar-refractivity contribution in [2.75, 3.05) is 0 Å². The summed E-state index contributed by atoms with van der Waals surface area (Å²) in [5.41, 5.74) is 1.63. The van der Waals surface area contributed by atoms with Crippen LogP contribution in [0, 0.1) is 0 Å².